The van der Waals surface area contributed by atoms with Crippen molar-refractivity contribution in [2.75, 3.05) is 11.1 Å². The molecule has 0 aliphatic carbocycles. The van der Waals surface area contributed by atoms with Gasteiger partial charge in [-0.05, 0) is 65.1 Å². The maximum atomic E-state index is 13.4. The van der Waals surface area contributed by atoms with Gasteiger partial charge in [-0.1, -0.05) is 11.8 Å². The molecule has 1 amide bonds. The summed E-state index contributed by atoms with van der Waals surface area (Å²) in [6, 6.07) is 10.8. The normalized spacial score (nSPS) is 11.5. The minimum atomic E-state index is -3.89. The number of nitrogens with zero attached hydrogens (tertiary/aromatic N) is 4. The molecule has 0 fully saturated rings. The Hall–Kier alpha value is -2.88. The molecule has 0 aliphatic heterocycles. The first-order valence-corrected chi connectivity index (χ1v) is 12.9. The number of hydrogen-bond donors (Lipinski definition) is 2. The van der Waals surface area contributed by atoms with E-state index in [1.54, 1.807) is 12.1 Å². The molecular weight excluding hydrogens is 579 g/mol. The quantitative estimate of drug-likeness (QED) is 0.196. The van der Waals surface area contributed by atoms with E-state index in [0.717, 1.165) is 15.3 Å². The van der Waals surface area contributed by atoms with Gasteiger partial charge in [-0.2, -0.15) is 0 Å². The predicted molar refractivity (Wildman–Crippen MR) is 133 cm³/mol. The molecule has 0 saturated heterocycles. The van der Waals surface area contributed by atoms with Crippen LogP contribution in [0.1, 0.15) is 0 Å². The molecule has 4 aromatic rings. The zero-order valence-electron chi connectivity index (χ0n) is 16.7. The summed E-state index contributed by atoms with van der Waals surface area (Å²) < 4.78 is 25.4. The Morgan fingerprint density at radius 2 is 1.91 bits per heavy atom. The fraction of sp³-hybridized carbons (Fsp3) is 0.0500. The van der Waals surface area contributed by atoms with E-state index >= 15 is 0 Å². The van der Waals surface area contributed by atoms with Crippen LogP contribution in [0.25, 0.3) is 16.6 Å². The summed E-state index contributed by atoms with van der Waals surface area (Å²) in [6.07, 6.45) is 4.36. The van der Waals surface area contributed by atoms with Crippen molar-refractivity contribution < 1.29 is 13.2 Å². The molecule has 0 bridgehead atoms. The summed E-state index contributed by atoms with van der Waals surface area (Å²) in [4.78, 5) is 38.1. The van der Waals surface area contributed by atoms with Crippen LogP contribution in [0.5, 0.6) is 0 Å². The van der Waals surface area contributed by atoms with Gasteiger partial charge in [-0.25, -0.2) is 23.5 Å². The number of thioether (sulfide) groups is 1. The molecule has 4 rings (SSSR count). The molecule has 0 aliphatic rings. The smallest absolute Gasteiger partial charge is 0.266 e. The van der Waals surface area contributed by atoms with Crippen LogP contribution >= 0.6 is 34.4 Å². The number of anilines is 1. The number of hydrogen-bond acceptors (Lipinski definition) is 8. The lowest BCUT2D eigenvalue weighted by Gasteiger charge is -2.14. The first kappa shape index (κ1) is 23.3. The maximum absolute atomic E-state index is 13.4. The van der Waals surface area contributed by atoms with E-state index in [0.29, 0.717) is 22.4 Å². The van der Waals surface area contributed by atoms with Gasteiger partial charge in [0, 0.05) is 16.0 Å². The maximum Gasteiger partial charge on any atom is 0.266 e. The number of fused-ring (bicyclic) bond motifs is 1. The molecule has 2 heterocycles. The first-order chi connectivity index (χ1) is 15.7. The summed E-state index contributed by atoms with van der Waals surface area (Å²) in [6.45, 7) is 0. The largest absolute Gasteiger partial charge is 0.309 e. The fourth-order valence-electron chi connectivity index (χ4n) is 2.92. The number of nitrogens with one attached hydrogen (secondary N) is 1. The number of primary sulfonamides is 1. The average molecular weight is 594 g/mol. The van der Waals surface area contributed by atoms with E-state index in [9.17, 15) is 18.0 Å². The number of nitrogens with two attached hydrogens (primary N) is 1. The van der Waals surface area contributed by atoms with E-state index in [1.807, 2.05) is 6.07 Å². The number of aromatic nitrogens is 4. The zero-order chi connectivity index (χ0) is 23.6. The van der Waals surface area contributed by atoms with Gasteiger partial charge < -0.3 is 5.32 Å². The third kappa shape index (κ3) is 5.38. The second-order valence-corrected chi connectivity index (χ2v) is 10.4. The molecule has 0 spiro atoms. The Labute approximate surface area is 205 Å². The van der Waals surface area contributed by atoms with Crippen LogP contribution in [0.15, 0.2) is 75.9 Å². The average Bonchev–Trinajstić information content (AvgIpc) is 2.78. The second-order valence-electron chi connectivity index (χ2n) is 6.66. The second kappa shape index (κ2) is 9.54. The number of benzene rings is 2. The SMILES string of the molecule is NS(=O)(=O)c1ccc(-n2c(SCC(=O)Nc3cnccn3)nc3ccc(I)cc3c2=O)cc1. The Morgan fingerprint density at radius 1 is 1.15 bits per heavy atom. The third-order valence-electron chi connectivity index (χ3n) is 4.39. The monoisotopic (exact) mass is 594 g/mol. The minimum absolute atomic E-state index is 0.0475. The first-order valence-electron chi connectivity index (χ1n) is 9.26. The van der Waals surface area contributed by atoms with Crippen molar-refractivity contribution in [1.29, 1.82) is 0 Å². The van der Waals surface area contributed by atoms with Crippen molar-refractivity contribution in [3.63, 3.8) is 0 Å². The lowest BCUT2D eigenvalue weighted by molar-refractivity contribution is -0.113. The van der Waals surface area contributed by atoms with Gasteiger partial charge in [0.15, 0.2) is 11.0 Å². The number of amides is 1. The highest BCUT2D eigenvalue weighted by atomic mass is 127. The van der Waals surface area contributed by atoms with Crippen LogP contribution < -0.4 is 16.0 Å². The van der Waals surface area contributed by atoms with Crippen LogP contribution in [0.3, 0.4) is 0 Å². The minimum Gasteiger partial charge on any atom is -0.309 e. The molecule has 2 aromatic carbocycles. The van der Waals surface area contributed by atoms with E-state index in [1.165, 1.54) is 47.4 Å². The predicted octanol–water partition coefficient (Wildman–Crippen LogP) is 2.16. The van der Waals surface area contributed by atoms with Gasteiger partial charge in [0.25, 0.3) is 5.56 Å². The highest BCUT2D eigenvalue weighted by Gasteiger charge is 2.16. The molecular formula is C20H15IN6O4S2. The molecule has 0 saturated carbocycles. The number of carbonyl (C=O) groups excluding carboxylic acids is 1. The molecule has 168 valence electrons. The summed E-state index contributed by atoms with van der Waals surface area (Å²) >= 11 is 3.16. The van der Waals surface area contributed by atoms with Crippen LogP contribution in [0, 0.1) is 3.57 Å². The number of rotatable bonds is 6. The number of carbonyl (C=O) groups is 1. The molecule has 0 unspecified atom stereocenters. The molecule has 2 aromatic heterocycles. The lowest BCUT2D eigenvalue weighted by Crippen LogP contribution is -2.23. The van der Waals surface area contributed by atoms with Gasteiger partial charge in [0.1, 0.15) is 0 Å². The van der Waals surface area contributed by atoms with E-state index in [2.05, 4.69) is 42.9 Å². The van der Waals surface area contributed by atoms with Crippen LogP contribution in [0.2, 0.25) is 0 Å². The Morgan fingerprint density at radius 3 is 2.58 bits per heavy atom. The molecule has 0 atom stereocenters. The van der Waals surface area contributed by atoms with Crippen molar-refractivity contribution in [3.05, 3.63) is 75.0 Å². The third-order valence-corrected chi connectivity index (χ3v) is 6.92. The molecule has 13 heteroatoms. The van der Waals surface area contributed by atoms with Crippen LogP contribution in [-0.4, -0.2) is 39.6 Å². The van der Waals surface area contributed by atoms with Gasteiger partial charge in [0.2, 0.25) is 15.9 Å². The van der Waals surface area contributed by atoms with Gasteiger partial charge >= 0.3 is 0 Å². The molecule has 33 heavy (non-hydrogen) atoms. The van der Waals surface area contributed by atoms with Gasteiger partial charge in [-0.15, -0.1) is 0 Å². The van der Waals surface area contributed by atoms with Crippen molar-refractivity contribution in [3.8, 4) is 5.69 Å². The lowest BCUT2D eigenvalue weighted by atomic mass is 10.2. The Bertz CT molecular complexity index is 1510. The summed E-state index contributed by atoms with van der Waals surface area (Å²) in [5, 5.41) is 8.46. The number of halogens is 1. The fourth-order valence-corrected chi connectivity index (χ4v) is 4.74. The summed E-state index contributed by atoms with van der Waals surface area (Å²) in [5.74, 6) is -0.0950. The highest BCUT2D eigenvalue weighted by molar-refractivity contribution is 14.1. The molecule has 0 radical (unpaired) electrons. The standard InChI is InChI=1S/C20H15IN6O4S2/c21-12-1-6-16-15(9-12)19(29)27(13-2-4-14(5-3-13)33(22,30)31)20(25-16)32-11-18(28)26-17-10-23-7-8-24-17/h1-10H,11H2,(H2,22,30,31)(H,24,26,28). The zero-order valence-corrected chi connectivity index (χ0v) is 20.5. The Balaban J connectivity index is 1.73. The van der Waals surface area contributed by atoms with E-state index in [-0.39, 0.29) is 27.3 Å². The topological polar surface area (TPSA) is 150 Å². The van der Waals surface area contributed by atoms with Gasteiger partial charge in [0.05, 0.1) is 33.4 Å². The highest BCUT2D eigenvalue weighted by Crippen LogP contribution is 2.23. The van der Waals surface area contributed by atoms with E-state index < -0.39 is 10.0 Å². The van der Waals surface area contributed by atoms with Crippen molar-refractivity contribution in [2.45, 2.75) is 10.1 Å². The Kier molecular flexibility index (Phi) is 6.73. The molecule has 3 N–H and O–H groups in total. The van der Waals surface area contributed by atoms with Crippen LogP contribution in [0.4, 0.5) is 5.82 Å². The molecule has 10 nitrogen and oxygen atoms in total. The van der Waals surface area contributed by atoms with Crippen molar-refractivity contribution >= 4 is 67.0 Å². The number of sulfonamides is 1. The van der Waals surface area contributed by atoms with Crippen molar-refractivity contribution in [1.82, 2.24) is 19.5 Å². The summed E-state index contributed by atoms with van der Waals surface area (Å²) in [5.41, 5.74) is 0.519. The van der Waals surface area contributed by atoms with Gasteiger partial charge in [-0.3, -0.25) is 19.1 Å². The van der Waals surface area contributed by atoms with Crippen molar-refractivity contribution in [2.24, 2.45) is 5.14 Å². The summed E-state index contributed by atoms with van der Waals surface area (Å²) in [7, 11) is -3.89. The van der Waals surface area contributed by atoms with E-state index in [4.69, 9.17) is 5.14 Å². The van der Waals surface area contributed by atoms with Crippen LogP contribution in [-0.2, 0) is 14.8 Å².